The van der Waals surface area contributed by atoms with Crippen molar-refractivity contribution in [1.82, 2.24) is 13.5 Å². The topological polar surface area (TPSA) is 107 Å². The maximum absolute atomic E-state index is 14.6. The number of anilines is 1. The molecule has 1 aliphatic rings. The molecule has 3 aromatic carbocycles. The second-order valence-corrected chi connectivity index (χ2v) is 13.8. The maximum atomic E-state index is 14.6. The molecule has 3 aromatic rings. The van der Waals surface area contributed by atoms with Crippen LogP contribution in [-0.4, -0.2) is 76.0 Å². The van der Waals surface area contributed by atoms with Gasteiger partial charge in [0.2, 0.25) is 26.0 Å². The maximum Gasteiger partial charge on any atom is 0.243 e. The Hall–Kier alpha value is -2.87. The predicted molar refractivity (Wildman–Crippen MR) is 152 cm³/mol. The van der Waals surface area contributed by atoms with Gasteiger partial charge in [0.15, 0.2) is 0 Å². The molecule has 1 saturated heterocycles. The fourth-order valence-electron chi connectivity index (χ4n) is 4.19. The highest BCUT2D eigenvalue weighted by molar-refractivity contribution is 7.89. The molecule has 40 heavy (non-hydrogen) atoms. The summed E-state index contributed by atoms with van der Waals surface area (Å²) in [6.07, 6.45) is 0. The van der Waals surface area contributed by atoms with Crippen molar-refractivity contribution in [3.05, 3.63) is 88.7 Å². The van der Waals surface area contributed by atoms with Gasteiger partial charge in [-0.3, -0.25) is 4.79 Å². The lowest BCUT2D eigenvalue weighted by atomic mass is 10.2. The third-order valence-corrected chi connectivity index (χ3v) is 10.7. The fourth-order valence-corrected chi connectivity index (χ4v) is 7.20. The SMILES string of the molecule is Cc1ccc(S(=O)(=O)N(CC(=O)Nc2ccc(S(=O)(=O)N3CCN(C)CC3)cc2)Cc2c(F)cccc2Cl)cc1. The van der Waals surface area contributed by atoms with Crippen molar-refractivity contribution in [2.45, 2.75) is 23.3 Å². The molecule has 0 radical (unpaired) electrons. The van der Waals surface area contributed by atoms with Gasteiger partial charge < -0.3 is 10.2 Å². The smallest absolute Gasteiger partial charge is 0.243 e. The van der Waals surface area contributed by atoms with Gasteiger partial charge in [-0.05, 0) is 62.5 Å². The molecule has 1 N–H and O–H groups in total. The molecule has 0 atom stereocenters. The number of hydrogen-bond donors (Lipinski definition) is 1. The van der Waals surface area contributed by atoms with Crippen molar-refractivity contribution >= 4 is 43.2 Å². The van der Waals surface area contributed by atoms with E-state index in [0.717, 1.165) is 15.9 Å². The number of halogens is 2. The third-order valence-electron chi connectivity index (χ3n) is 6.61. The Bertz CT molecular complexity index is 1560. The molecule has 1 aliphatic heterocycles. The van der Waals surface area contributed by atoms with Crippen LogP contribution in [0.4, 0.5) is 10.1 Å². The average Bonchev–Trinajstić information content (AvgIpc) is 2.91. The number of benzene rings is 3. The molecule has 0 aromatic heterocycles. The van der Waals surface area contributed by atoms with Gasteiger partial charge in [-0.1, -0.05) is 35.4 Å². The predicted octanol–water partition coefficient (Wildman–Crippen LogP) is 3.55. The number of piperazine rings is 1. The van der Waals surface area contributed by atoms with Crippen LogP contribution in [0.25, 0.3) is 0 Å². The van der Waals surface area contributed by atoms with E-state index < -0.39 is 44.9 Å². The first-order chi connectivity index (χ1) is 18.9. The van der Waals surface area contributed by atoms with Crippen LogP contribution in [0.5, 0.6) is 0 Å². The summed E-state index contributed by atoms with van der Waals surface area (Å²) in [7, 11) is -5.98. The number of rotatable bonds is 9. The summed E-state index contributed by atoms with van der Waals surface area (Å²) >= 11 is 6.15. The minimum atomic E-state index is -4.22. The standard InChI is InChI=1S/C27H30ClFN4O5S2/c1-20-6-10-22(11-7-20)40(37,38)33(18-24-25(28)4-3-5-26(24)29)19-27(34)30-21-8-12-23(13-9-21)39(35,36)32-16-14-31(2)15-17-32/h3-13H,14-19H2,1-2H3,(H,30,34). The molecule has 1 fully saturated rings. The number of nitrogens with zero attached hydrogens (tertiary/aromatic N) is 3. The second kappa shape index (κ2) is 12.3. The third kappa shape index (κ3) is 6.88. The molecule has 9 nitrogen and oxygen atoms in total. The van der Waals surface area contributed by atoms with E-state index in [1.165, 1.54) is 52.8 Å². The lowest BCUT2D eigenvalue weighted by molar-refractivity contribution is -0.116. The molecule has 0 spiro atoms. The van der Waals surface area contributed by atoms with E-state index in [1.54, 1.807) is 12.1 Å². The molecule has 0 aliphatic carbocycles. The van der Waals surface area contributed by atoms with Gasteiger partial charge in [0.1, 0.15) is 5.82 Å². The summed E-state index contributed by atoms with van der Waals surface area (Å²) < 4.78 is 69.8. The molecule has 0 unspecified atom stereocenters. The van der Waals surface area contributed by atoms with Crippen LogP contribution in [-0.2, 0) is 31.4 Å². The number of nitrogens with one attached hydrogen (secondary N) is 1. The quantitative estimate of drug-likeness (QED) is 0.398. The molecule has 214 valence electrons. The Morgan fingerprint density at radius 2 is 1.52 bits per heavy atom. The Kier molecular flexibility index (Phi) is 9.28. The van der Waals surface area contributed by atoms with Crippen LogP contribution in [0.3, 0.4) is 0 Å². The summed E-state index contributed by atoms with van der Waals surface area (Å²) in [5.41, 5.74) is 1.06. The number of carbonyl (C=O) groups excluding carboxylic acids is 1. The highest BCUT2D eigenvalue weighted by Crippen LogP contribution is 2.25. The van der Waals surface area contributed by atoms with Gasteiger partial charge in [-0.25, -0.2) is 21.2 Å². The summed E-state index contributed by atoms with van der Waals surface area (Å²) in [6.45, 7) is 2.73. The summed E-state index contributed by atoms with van der Waals surface area (Å²) in [6, 6.07) is 15.7. The number of hydrogen-bond acceptors (Lipinski definition) is 6. The van der Waals surface area contributed by atoms with Gasteiger partial charge in [0, 0.05) is 49.0 Å². The van der Waals surface area contributed by atoms with E-state index in [-0.39, 0.29) is 26.1 Å². The molecular weight excluding hydrogens is 579 g/mol. The zero-order chi connectivity index (χ0) is 29.1. The lowest BCUT2D eigenvalue weighted by Crippen LogP contribution is -2.46. The Balaban J connectivity index is 1.53. The van der Waals surface area contributed by atoms with Gasteiger partial charge in [0.05, 0.1) is 16.3 Å². The molecule has 1 heterocycles. The van der Waals surface area contributed by atoms with E-state index in [4.69, 9.17) is 11.6 Å². The van der Waals surface area contributed by atoms with Crippen LogP contribution in [0.2, 0.25) is 5.02 Å². The van der Waals surface area contributed by atoms with Crippen LogP contribution in [0, 0.1) is 12.7 Å². The number of likely N-dealkylation sites (N-methyl/N-ethyl adjacent to an activating group) is 1. The molecule has 4 rings (SSSR count). The van der Waals surface area contributed by atoms with Crippen LogP contribution in [0.1, 0.15) is 11.1 Å². The van der Waals surface area contributed by atoms with Crippen LogP contribution in [0.15, 0.2) is 76.5 Å². The van der Waals surface area contributed by atoms with Crippen molar-refractivity contribution in [3.63, 3.8) is 0 Å². The summed E-state index contributed by atoms with van der Waals surface area (Å²) in [5, 5.41) is 2.63. The van der Waals surface area contributed by atoms with Crippen LogP contribution >= 0.6 is 11.6 Å². The van der Waals surface area contributed by atoms with E-state index in [9.17, 15) is 26.0 Å². The van der Waals surface area contributed by atoms with Crippen molar-refractivity contribution in [2.24, 2.45) is 0 Å². The van der Waals surface area contributed by atoms with E-state index >= 15 is 0 Å². The summed E-state index contributed by atoms with van der Waals surface area (Å²) in [4.78, 5) is 15.1. The fraction of sp³-hybridized carbons (Fsp3) is 0.296. The zero-order valence-corrected chi connectivity index (χ0v) is 24.4. The Morgan fingerprint density at radius 1 is 0.925 bits per heavy atom. The highest BCUT2D eigenvalue weighted by atomic mass is 35.5. The molecule has 1 amide bonds. The van der Waals surface area contributed by atoms with Gasteiger partial charge in [-0.15, -0.1) is 0 Å². The lowest BCUT2D eigenvalue weighted by Gasteiger charge is -2.31. The molecule has 0 saturated carbocycles. The second-order valence-electron chi connectivity index (χ2n) is 9.57. The van der Waals surface area contributed by atoms with Crippen molar-refractivity contribution in [1.29, 1.82) is 0 Å². The van der Waals surface area contributed by atoms with Crippen molar-refractivity contribution in [2.75, 3.05) is 45.1 Å². The number of amides is 1. The molecule has 13 heteroatoms. The first-order valence-electron chi connectivity index (χ1n) is 12.5. The Labute approximate surface area is 239 Å². The molecular formula is C27H30ClFN4O5S2. The van der Waals surface area contributed by atoms with E-state index in [0.29, 0.717) is 26.2 Å². The number of sulfonamides is 2. The molecule has 0 bridgehead atoms. The minimum absolute atomic E-state index is 0.0293. The van der Waals surface area contributed by atoms with Crippen molar-refractivity contribution in [3.8, 4) is 0 Å². The normalized spacial score (nSPS) is 15.3. The Morgan fingerprint density at radius 3 is 2.12 bits per heavy atom. The minimum Gasteiger partial charge on any atom is -0.325 e. The largest absolute Gasteiger partial charge is 0.325 e. The van der Waals surface area contributed by atoms with Gasteiger partial charge >= 0.3 is 0 Å². The van der Waals surface area contributed by atoms with Crippen LogP contribution < -0.4 is 5.32 Å². The first kappa shape index (κ1) is 30.1. The number of aryl methyl sites for hydroxylation is 1. The summed E-state index contributed by atoms with van der Waals surface area (Å²) in [5.74, 6) is -1.40. The highest BCUT2D eigenvalue weighted by Gasteiger charge is 2.30. The first-order valence-corrected chi connectivity index (χ1v) is 15.7. The van der Waals surface area contributed by atoms with Gasteiger partial charge in [-0.2, -0.15) is 8.61 Å². The zero-order valence-electron chi connectivity index (χ0n) is 22.0. The monoisotopic (exact) mass is 608 g/mol. The van der Waals surface area contributed by atoms with Gasteiger partial charge in [0.25, 0.3) is 0 Å². The van der Waals surface area contributed by atoms with Crippen molar-refractivity contribution < 1.29 is 26.0 Å². The average molecular weight is 609 g/mol. The van der Waals surface area contributed by atoms with E-state index in [1.807, 2.05) is 18.9 Å². The van der Waals surface area contributed by atoms with E-state index in [2.05, 4.69) is 5.32 Å². The number of carbonyl (C=O) groups is 1.